The largest absolute Gasteiger partial charge is 0.376 e. The molecule has 0 atom stereocenters. The molecule has 0 rings (SSSR count). The second kappa shape index (κ2) is 8.63. The lowest BCUT2D eigenvalue weighted by Gasteiger charge is -1.94. The van der Waals surface area contributed by atoms with Gasteiger partial charge >= 0.3 is 0 Å². The van der Waals surface area contributed by atoms with Crippen molar-refractivity contribution in [1.82, 2.24) is 0 Å². The first-order valence-electron chi connectivity index (χ1n) is 3.97. The average molecular weight is 143 g/mol. The minimum absolute atomic E-state index is 0.674. The number of aliphatic imine (C=N–C) groups is 1. The zero-order valence-corrected chi connectivity index (χ0v) is 6.97. The molecule has 0 saturated carbocycles. The van der Waals surface area contributed by atoms with E-state index in [9.17, 15) is 0 Å². The Labute approximate surface area is 63.3 Å². The molecule has 0 amide bonds. The minimum atomic E-state index is 0.674. The lowest BCUT2D eigenvalue weighted by molar-refractivity contribution is 0.174. The summed E-state index contributed by atoms with van der Waals surface area (Å²) in [6, 6.07) is 0. The molecule has 0 unspecified atom stereocenters. The minimum Gasteiger partial charge on any atom is -0.376 e. The number of rotatable bonds is 6. The van der Waals surface area contributed by atoms with E-state index in [0.29, 0.717) is 6.61 Å². The topological polar surface area (TPSA) is 21.6 Å². The van der Waals surface area contributed by atoms with Crippen LogP contribution >= 0.6 is 0 Å². The van der Waals surface area contributed by atoms with E-state index < -0.39 is 0 Å². The maximum Gasteiger partial charge on any atom is 0.0814 e. The van der Waals surface area contributed by atoms with Gasteiger partial charge in [-0.3, -0.25) is 4.99 Å². The van der Waals surface area contributed by atoms with Crippen LogP contribution in [0.4, 0.5) is 0 Å². The summed E-state index contributed by atoms with van der Waals surface area (Å²) in [5.41, 5.74) is 0. The lowest BCUT2D eigenvalue weighted by Crippen LogP contribution is -1.96. The van der Waals surface area contributed by atoms with Gasteiger partial charge in [-0.25, -0.2) is 0 Å². The van der Waals surface area contributed by atoms with E-state index in [2.05, 4.69) is 18.8 Å². The van der Waals surface area contributed by atoms with Gasteiger partial charge in [-0.2, -0.15) is 0 Å². The van der Waals surface area contributed by atoms with Crippen LogP contribution in [0.15, 0.2) is 4.99 Å². The van der Waals surface area contributed by atoms with Gasteiger partial charge < -0.3 is 4.74 Å². The summed E-state index contributed by atoms with van der Waals surface area (Å²) in [4.78, 5) is 4.11. The van der Waals surface area contributed by atoms with Crippen molar-refractivity contribution < 1.29 is 4.74 Å². The van der Waals surface area contributed by atoms with Gasteiger partial charge in [-0.05, 0) is 12.8 Å². The number of hydrogen-bond acceptors (Lipinski definition) is 2. The fourth-order valence-corrected chi connectivity index (χ4v) is 0.553. The Hall–Kier alpha value is -0.370. The van der Waals surface area contributed by atoms with Crippen LogP contribution in [0.1, 0.15) is 26.7 Å². The van der Waals surface area contributed by atoms with E-state index in [1.54, 1.807) is 0 Å². The summed E-state index contributed by atoms with van der Waals surface area (Å²) in [6.07, 6.45) is 4.05. The Morgan fingerprint density at radius 1 is 1.30 bits per heavy atom. The van der Waals surface area contributed by atoms with Gasteiger partial charge in [0.25, 0.3) is 0 Å². The Kier molecular flexibility index (Phi) is 8.31. The molecule has 0 spiro atoms. The zero-order valence-electron chi connectivity index (χ0n) is 6.97. The van der Waals surface area contributed by atoms with Crippen LogP contribution < -0.4 is 0 Å². The smallest absolute Gasteiger partial charge is 0.0814 e. The molecule has 0 fully saturated rings. The van der Waals surface area contributed by atoms with Crippen LogP contribution in [0.2, 0.25) is 0 Å². The van der Waals surface area contributed by atoms with Crippen LogP contribution in [0, 0.1) is 0 Å². The molecule has 0 aliphatic rings. The highest BCUT2D eigenvalue weighted by atomic mass is 16.5. The van der Waals surface area contributed by atoms with E-state index in [4.69, 9.17) is 4.74 Å². The molecule has 2 nitrogen and oxygen atoms in total. The number of hydrogen-bond donors (Lipinski definition) is 0. The summed E-state index contributed by atoms with van der Waals surface area (Å²) in [6.45, 7) is 6.66. The van der Waals surface area contributed by atoms with Crippen molar-refractivity contribution in [2.45, 2.75) is 26.7 Å². The molecule has 0 bridgehead atoms. The van der Waals surface area contributed by atoms with E-state index >= 15 is 0 Å². The average Bonchev–Trinajstić information content (AvgIpc) is 1.97. The summed E-state index contributed by atoms with van der Waals surface area (Å²) in [5, 5.41) is 0. The van der Waals surface area contributed by atoms with Gasteiger partial charge in [-0.1, -0.05) is 13.8 Å². The van der Waals surface area contributed by atoms with Crippen LogP contribution in [-0.4, -0.2) is 26.0 Å². The highest BCUT2D eigenvalue weighted by Gasteiger charge is 1.79. The normalized spacial score (nSPS) is 11.0. The monoisotopic (exact) mass is 143 g/mol. The van der Waals surface area contributed by atoms with E-state index in [1.165, 1.54) is 0 Å². The first kappa shape index (κ1) is 9.63. The second-order valence-corrected chi connectivity index (χ2v) is 2.16. The Morgan fingerprint density at radius 3 is 2.70 bits per heavy atom. The number of ether oxygens (including phenoxy) is 1. The summed E-state index contributed by atoms with van der Waals surface area (Å²) < 4.78 is 5.18. The molecular weight excluding hydrogens is 126 g/mol. The van der Waals surface area contributed by atoms with Gasteiger partial charge in [0.15, 0.2) is 0 Å². The van der Waals surface area contributed by atoms with Crippen molar-refractivity contribution in [1.29, 1.82) is 0 Å². The first-order valence-corrected chi connectivity index (χ1v) is 3.97. The summed E-state index contributed by atoms with van der Waals surface area (Å²) in [7, 11) is 0. The van der Waals surface area contributed by atoms with Crippen molar-refractivity contribution in [3.63, 3.8) is 0 Å². The molecule has 0 aromatic carbocycles. The summed E-state index contributed by atoms with van der Waals surface area (Å²) >= 11 is 0. The highest BCUT2D eigenvalue weighted by molar-refractivity contribution is 5.58. The molecule has 0 aromatic heterocycles. The molecule has 0 radical (unpaired) electrons. The third kappa shape index (κ3) is 7.63. The maximum atomic E-state index is 5.18. The van der Waals surface area contributed by atoms with Crippen LogP contribution in [0.25, 0.3) is 0 Å². The zero-order chi connectivity index (χ0) is 7.66. The third-order valence-corrected chi connectivity index (χ3v) is 1.02. The molecule has 2 heteroatoms. The predicted molar refractivity (Wildman–Crippen MR) is 44.8 cm³/mol. The Morgan fingerprint density at radius 2 is 2.10 bits per heavy atom. The van der Waals surface area contributed by atoms with Gasteiger partial charge in [0.05, 0.1) is 6.61 Å². The third-order valence-electron chi connectivity index (χ3n) is 1.02. The fourth-order valence-electron chi connectivity index (χ4n) is 0.553. The predicted octanol–water partition coefficient (Wildman–Crippen LogP) is 1.89. The van der Waals surface area contributed by atoms with Crippen molar-refractivity contribution in [3.8, 4) is 0 Å². The quantitative estimate of drug-likeness (QED) is 0.411. The molecule has 60 valence electrons. The van der Waals surface area contributed by atoms with E-state index in [-0.39, 0.29) is 0 Å². The van der Waals surface area contributed by atoms with Gasteiger partial charge in [0.2, 0.25) is 0 Å². The SMILES string of the molecule is CCCN=CCOCCC. The standard InChI is InChI=1S/C8H17NO/c1-3-5-9-6-8-10-7-4-2/h6H,3-5,7-8H2,1-2H3. The molecule has 0 N–H and O–H groups in total. The summed E-state index contributed by atoms with van der Waals surface area (Å²) in [5.74, 6) is 0. The lowest BCUT2D eigenvalue weighted by atomic mass is 10.5. The van der Waals surface area contributed by atoms with Crippen molar-refractivity contribution in [2.24, 2.45) is 4.99 Å². The Balaban J connectivity index is 2.88. The van der Waals surface area contributed by atoms with E-state index in [0.717, 1.165) is 26.0 Å². The highest BCUT2D eigenvalue weighted by Crippen LogP contribution is 1.79. The number of nitrogens with zero attached hydrogens (tertiary/aromatic N) is 1. The van der Waals surface area contributed by atoms with Crippen LogP contribution in [-0.2, 0) is 4.74 Å². The molecule has 0 aliphatic carbocycles. The van der Waals surface area contributed by atoms with Crippen LogP contribution in [0.3, 0.4) is 0 Å². The molecule has 10 heavy (non-hydrogen) atoms. The van der Waals surface area contributed by atoms with Crippen molar-refractivity contribution >= 4 is 6.21 Å². The first-order chi connectivity index (χ1) is 4.91. The van der Waals surface area contributed by atoms with E-state index in [1.807, 2.05) is 6.21 Å². The molecule has 0 aromatic rings. The van der Waals surface area contributed by atoms with Gasteiger partial charge in [0.1, 0.15) is 0 Å². The molecule has 0 aliphatic heterocycles. The second-order valence-electron chi connectivity index (χ2n) is 2.16. The Bertz CT molecular complexity index is 81.3. The fraction of sp³-hybridized carbons (Fsp3) is 0.875. The maximum absolute atomic E-state index is 5.18. The van der Waals surface area contributed by atoms with Gasteiger partial charge in [-0.15, -0.1) is 0 Å². The van der Waals surface area contributed by atoms with Crippen LogP contribution in [0.5, 0.6) is 0 Å². The molecule has 0 heterocycles. The van der Waals surface area contributed by atoms with Gasteiger partial charge in [0, 0.05) is 19.4 Å². The molecular formula is C8H17NO. The molecule has 0 saturated heterocycles. The van der Waals surface area contributed by atoms with Crippen molar-refractivity contribution in [3.05, 3.63) is 0 Å². The van der Waals surface area contributed by atoms with Crippen molar-refractivity contribution in [2.75, 3.05) is 19.8 Å².